The number of carbonyl (C=O) groups is 2. The molecule has 0 aliphatic carbocycles. The van der Waals surface area contributed by atoms with Crippen LogP contribution in [0.3, 0.4) is 0 Å². The molecule has 1 aliphatic rings. The van der Waals surface area contributed by atoms with Crippen molar-refractivity contribution in [1.82, 2.24) is 5.32 Å². The first kappa shape index (κ1) is 25.2. The molecular formula is C28H36N4O2. The van der Waals surface area contributed by atoms with Gasteiger partial charge in [-0.3, -0.25) is 9.59 Å². The van der Waals surface area contributed by atoms with Crippen molar-refractivity contribution in [2.24, 2.45) is 5.10 Å². The third kappa shape index (κ3) is 6.34. The fourth-order valence-electron chi connectivity index (χ4n) is 3.93. The minimum Gasteiger partial charge on any atom is -0.361 e. The van der Waals surface area contributed by atoms with Crippen LogP contribution in [0.4, 0.5) is 11.4 Å². The lowest BCUT2D eigenvalue weighted by molar-refractivity contribution is -0.114. The van der Waals surface area contributed by atoms with E-state index in [4.69, 9.17) is 0 Å². The molecule has 6 heteroatoms. The van der Waals surface area contributed by atoms with Gasteiger partial charge in [-0.15, -0.1) is 0 Å². The number of rotatable bonds is 12. The Morgan fingerprint density at radius 2 is 1.74 bits per heavy atom. The summed E-state index contributed by atoms with van der Waals surface area (Å²) in [6, 6.07) is 15.1. The van der Waals surface area contributed by atoms with Crippen LogP contribution in [0.2, 0.25) is 0 Å². The average molecular weight is 461 g/mol. The zero-order valence-corrected chi connectivity index (χ0v) is 20.6. The first-order valence-corrected chi connectivity index (χ1v) is 12.4. The summed E-state index contributed by atoms with van der Waals surface area (Å²) in [5, 5.41) is 12.3. The van der Waals surface area contributed by atoms with Crippen LogP contribution in [0.5, 0.6) is 0 Å². The van der Waals surface area contributed by atoms with Gasteiger partial charge in [0.2, 0.25) is 0 Å². The van der Waals surface area contributed by atoms with E-state index >= 15 is 0 Å². The van der Waals surface area contributed by atoms with E-state index in [0.717, 1.165) is 37.1 Å². The number of benzene rings is 2. The molecule has 2 N–H and O–H groups in total. The normalized spacial score (nSPS) is 14.4. The van der Waals surface area contributed by atoms with E-state index in [2.05, 4.69) is 42.6 Å². The number of para-hydroxylation sites is 1. The molecular weight excluding hydrogens is 424 g/mol. The van der Waals surface area contributed by atoms with E-state index in [0.29, 0.717) is 29.8 Å². The molecule has 0 aromatic heterocycles. The number of nitrogens with one attached hydrogen (secondary N) is 2. The molecule has 180 valence electrons. The number of amides is 2. The van der Waals surface area contributed by atoms with E-state index in [-0.39, 0.29) is 11.8 Å². The summed E-state index contributed by atoms with van der Waals surface area (Å²) in [7, 11) is 0. The monoisotopic (exact) mass is 460 g/mol. The number of hydrogen-bond acceptors (Lipinski definition) is 4. The summed E-state index contributed by atoms with van der Waals surface area (Å²) in [4.78, 5) is 25.6. The molecule has 2 aromatic rings. The van der Waals surface area contributed by atoms with E-state index < -0.39 is 0 Å². The number of nitrogens with zero attached hydrogens (tertiary/aromatic N) is 2. The highest BCUT2D eigenvalue weighted by Gasteiger charge is 2.30. The van der Waals surface area contributed by atoms with Gasteiger partial charge in [-0.05, 0) is 55.2 Å². The Bertz CT molecular complexity index is 1040. The van der Waals surface area contributed by atoms with E-state index in [1.54, 1.807) is 30.5 Å². The van der Waals surface area contributed by atoms with E-state index in [1.807, 2.05) is 18.2 Å². The van der Waals surface area contributed by atoms with E-state index in [1.165, 1.54) is 23.4 Å². The molecule has 1 heterocycles. The number of hydrogen-bond donors (Lipinski definition) is 2. The molecule has 3 rings (SSSR count). The highest BCUT2D eigenvalue weighted by atomic mass is 16.2. The Balaban J connectivity index is 1.70. The average Bonchev–Trinajstić information content (AvgIpc) is 3.17. The third-order valence-corrected chi connectivity index (χ3v) is 5.90. The van der Waals surface area contributed by atoms with Crippen LogP contribution in [-0.2, 0) is 11.2 Å². The number of carbonyl (C=O) groups excluding carboxylic acids is 2. The molecule has 1 aliphatic heterocycles. The van der Waals surface area contributed by atoms with Gasteiger partial charge in [0.05, 0.1) is 17.0 Å². The second-order valence-corrected chi connectivity index (χ2v) is 8.49. The van der Waals surface area contributed by atoms with Crippen molar-refractivity contribution in [2.45, 2.75) is 65.7 Å². The van der Waals surface area contributed by atoms with Crippen molar-refractivity contribution in [3.05, 3.63) is 71.4 Å². The summed E-state index contributed by atoms with van der Waals surface area (Å²) in [5.74, 6) is -0.261. The first-order chi connectivity index (χ1) is 16.6. The molecule has 0 saturated carbocycles. The van der Waals surface area contributed by atoms with Crippen LogP contribution in [0.15, 0.2) is 65.4 Å². The van der Waals surface area contributed by atoms with Gasteiger partial charge >= 0.3 is 0 Å². The van der Waals surface area contributed by atoms with Crippen molar-refractivity contribution in [2.75, 3.05) is 16.9 Å². The molecule has 2 amide bonds. The first-order valence-electron chi connectivity index (χ1n) is 12.4. The second kappa shape index (κ2) is 12.7. The van der Waals surface area contributed by atoms with Gasteiger partial charge in [0.25, 0.3) is 11.8 Å². The second-order valence-electron chi connectivity index (χ2n) is 8.49. The number of aryl methyl sites for hydroxylation is 1. The molecule has 0 spiro atoms. The minimum atomic E-state index is -0.168. The lowest BCUT2D eigenvalue weighted by atomic mass is 10.1. The summed E-state index contributed by atoms with van der Waals surface area (Å²) >= 11 is 0. The van der Waals surface area contributed by atoms with Crippen LogP contribution >= 0.6 is 0 Å². The largest absolute Gasteiger partial charge is 0.361 e. The predicted octanol–water partition coefficient (Wildman–Crippen LogP) is 6.06. The highest BCUT2D eigenvalue weighted by molar-refractivity contribution is 6.30. The Hall–Kier alpha value is -3.41. The highest BCUT2D eigenvalue weighted by Crippen LogP contribution is 2.26. The standard InChI is InChI=1S/C28H36N4O2/c1-4-7-8-11-19-29-27(33)22-15-17-23(18-16-22)32-28(34)24(26(31-32)12-5-2)20-30-25-14-10-9-13-21(25)6-3/h9-10,13-18,20,30H,4-8,11-12,19H2,1-3H3,(H,29,33)/b24-20+. The third-order valence-electron chi connectivity index (χ3n) is 5.90. The number of unbranched alkanes of at least 4 members (excludes halogenated alkanes) is 3. The zero-order chi connectivity index (χ0) is 24.3. The Kier molecular flexibility index (Phi) is 9.44. The molecule has 0 bridgehead atoms. The maximum Gasteiger partial charge on any atom is 0.282 e. The van der Waals surface area contributed by atoms with Crippen molar-refractivity contribution in [3.8, 4) is 0 Å². The van der Waals surface area contributed by atoms with Crippen LogP contribution in [0, 0.1) is 0 Å². The van der Waals surface area contributed by atoms with Gasteiger partial charge in [0.1, 0.15) is 0 Å². The maximum absolute atomic E-state index is 13.2. The van der Waals surface area contributed by atoms with Crippen LogP contribution in [0.25, 0.3) is 0 Å². The number of hydrazone groups is 1. The molecule has 0 atom stereocenters. The molecule has 2 aromatic carbocycles. The Labute approximate surface area is 203 Å². The van der Waals surface area contributed by atoms with Crippen LogP contribution < -0.4 is 15.6 Å². The van der Waals surface area contributed by atoms with Gasteiger partial charge in [0.15, 0.2) is 0 Å². The predicted molar refractivity (Wildman–Crippen MR) is 140 cm³/mol. The quantitative estimate of drug-likeness (QED) is 0.299. The smallest absolute Gasteiger partial charge is 0.282 e. The lowest BCUT2D eigenvalue weighted by Crippen LogP contribution is -2.25. The molecule has 0 fully saturated rings. The Morgan fingerprint density at radius 3 is 2.44 bits per heavy atom. The summed E-state index contributed by atoms with van der Waals surface area (Å²) in [6.45, 7) is 7.03. The van der Waals surface area contributed by atoms with Gasteiger partial charge in [-0.2, -0.15) is 10.1 Å². The van der Waals surface area contributed by atoms with Crippen molar-refractivity contribution >= 4 is 28.9 Å². The Morgan fingerprint density at radius 1 is 0.971 bits per heavy atom. The molecule has 0 saturated heterocycles. The van der Waals surface area contributed by atoms with Crippen LogP contribution in [-0.4, -0.2) is 24.1 Å². The van der Waals surface area contributed by atoms with Gasteiger partial charge in [-0.25, -0.2) is 0 Å². The van der Waals surface area contributed by atoms with Gasteiger partial charge in [-0.1, -0.05) is 64.7 Å². The molecule has 34 heavy (non-hydrogen) atoms. The van der Waals surface area contributed by atoms with Gasteiger partial charge in [0, 0.05) is 24.0 Å². The zero-order valence-electron chi connectivity index (χ0n) is 20.6. The molecule has 0 unspecified atom stereocenters. The maximum atomic E-state index is 13.2. The lowest BCUT2D eigenvalue weighted by Gasteiger charge is -2.13. The van der Waals surface area contributed by atoms with Gasteiger partial charge < -0.3 is 10.6 Å². The van der Waals surface area contributed by atoms with Crippen LogP contribution in [0.1, 0.15) is 75.2 Å². The topological polar surface area (TPSA) is 73.8 Å². The fraction of sp³-hybridized carbons (Fsp3) is 0.393. The van der Waals surface area contributed by atoms with E-state index in [9.17, 15) is 9.59 Å². The molecule has 6 nitrogen and oxygen atoms in total. The fourth-order valence-corrected chi connectivity index (χ4v) is 3.93. The summed E-state index contributed by atoms with van der Waals surface area (Å²) < 4.78 is 0. The summed E-state index contributed by atoms with van der Waals surface area (Å²) in [5.41, 5.74) is 4.75. The molecule has 0 radical (unpaired) electrons. The van der Waals surface area contributed by atoms with Crippen molar-refractivity contribution in [3.63, 3.8) is 0 Å². The van der Waals surface area contributed by atoms with Crippen molar-refractivity contribution < 1.29 is 9.59 Å². The van der Waals surface area contributed by atoms with Crippen molar-refractivity contribution in [1.29, 1.82) is 0 Å². The summed E-state index contributed by atoms with van der Waals surface area (Å²) in [6.07, 6.45) is 8.75. The minimum absolute atomic E-state index is 0.0923. The SMILES string of the molecule is CCCCCCNC(=O)c1ccc(N2N=C(CCC)/C(=C\Nc3ccccc3CC)C2=O)cc1. The number of anilines is 2.